The molecule has 0 spiro atoms. The summed E-state index contributed by atoms with van der Waals surface area (Å²) >= 11 is 0. The normalized spacial score (nSPS) is 24.9. The summed E-state index contributed by atoms with van der Waals surface area (Å²) in [5, 5.41) is 0. The van der Waals surface area contributed by atoms with Gasteiger partial charge in [-0.1, -0.05) is 13.8 Å². The monoisotopic (exact) mass is 249 g/mol. The number of hydrogen-bond acceptors (Lipinski definition) is 3. The zero-order chi connectivity index (χ0) is 11.1. The lowest BCUT2D eigenvalue weighted by atomic mass is 9.87. The van der Waals surface area contributed by atoms with Crippen LogP contribution < -0.4 is 0 Å². The van der Waals surface area contributed by atoms with Gasteiger partial charge in [0.05, 0.1) is 0 Å². The van der Waals surface area contributed by atoms with Gasteiger partial charge in [-0.05, 0) is 44.7 Å². The van der Waals surface area contributed by atoms with E-state index in [0.717, 1.165) is 31.8 Å². The molecule has 0 N–H and O–H groups in total. The summed E-state index contributed by atoms with van der Waals surface area (Å²) in [7, 11) is 0. The topological polar surface area (TPSA) is 29.5 Å². The molecular weight excluding hydrogens is 226 g/mol. The molecule has 1 fully saturated rings. The minimum absolute atomic E-state index is 0. The van der Waals surface area contributed by atoms with Crippen molar-refractivity contribution in [3.05, 3.63) is 0 Å². The minimum Gasteiger partial charge on any atom is -0.465 e. The third kappa shape index (κ3) is 5.17. The van der Waals surface area contributed by atoms with Crippen LogP contribution in [0.3, 0.4) is 0 Å². The van der Waals surface area contributed by atoms with Crippen molar-refractivity contribution in [2.45, 2.75) is 45.6 Å². The largest absolute Gasteiger partial charge is 0.465 e. The standard InChI is InChI=1S/C12H23NO2.ClH/c1-3-13(4-2)9-11-5-7-12(8-6-11)15-10-14;/h10-12H,3-9H2,1-2H3;1H. The SMILES string of the molecule is CCN(CC)CC1CCC(OC=O)CC1.Cl. The fourth-order valence-corrected chi connectivity index (χ4v) is 2.38. The molecule has 3 nitrogen and oxygen atoms in total. The van der Waals surface area contributed by atoms with Crippen LogP contribution in [-0.4, -0.2) is 37.1 Å². The highest BCUT2D eigenvalue weighted by Gasteiger charge is 2.22. The van der Waals surface area contributed by atoms with Gasteiger partial charge in [-0.25, -0.2) is 0 Å². The van der Waals surface area contributed by atoms with E-state index in [4.69, 9.17) is 4.74 Å². The fraction of sp³-hybridized carbons (Fsp3) is 0.917. The molecule has 16 heavy (non-hydrogen) atoms. The minimum atomic E-state index is 0. The predicted molar refractivity (Wildman–Crippen MR) is 67.9 cm³/mol. The molecule has 0 saturated heterocycles. The van der Waals surface area contributed by atoms with E-state index in [9.17, 15) is 4.79 Å². The van der Waals surface area contributed by atoms with Crippen molar-refractivity contribution >= 4 is 18.9 Å². The zero-order valence-corrected chi connectivity index (χ0v) is 11.2. The van der Waals surface area contributed by atoms with Gasteiger partial charge in [-0.3, -0.25) is 4.79 Å². The van der Waals surface area contributed by atoms with Gasteiger partial charge in [0, 0.05) is 6.54 Å². The quantitative estimate of drug-likeness (QED) is 0.678. The van der Waals surface area contributed by atoms with Crippen molar-refractivity contribution in [2.24, 2.45) is 5.92 Å². The van der Waals surface area contributed by atoms with Gasteiger partial charge < -0.3 is 9.64 Å². The van der Waals surface area contributed by atoms with E-state index >= 15 is 0 Å². The summed E-state index contributed by atoms with van der Waals surface area (Å²) in [5.74, 6) is 0.802. The molecule has 0 aromatic rings. The molecule has 0 radical (unpaired) electrons. The number of rotatable bonds is 6. The number of halogens is 1. The lowest BCUT2D eigenvalue weighted by Crippen LogP contribution is -2.32. The van der Waals surface area contributed by atoms with Gasteiger partial charge in [0.25, 0.3) is 6.47 Å². The molecule has 0 aromatic heterocycles. The maximum atomic E-state index is 10.2. The maximum absolute atomic E-state index is 10.2. The van der Waals surface area contributed by atoms with E-state index in [1.807, 2.05) is 0 Å². The van der Waals surface area contributed by atoms with Gasteiger partial charge in [0.1, 0.15) is 6.10 Å². The number of carbonyl (C=O) groups is 1. The van der Waals surface area contributed by atoms with Gasteiger partial charge in [-0.15, -0.1) is 12.4 Å². The molecular formula is C12H24ClNO2. The summed E-state index contributed by atoms with van der Waals surface area (Å²) in [6.45, 7) is 8.51. The Morgan fingerprint density at radius 1 is 1.19 bits per heavy atom. The van der Waals surface area contributed by atoms with E-state index < -0.39 is 0 Å². The Labute approximate surface area is 105 Å². The molecule has 0 atom stereocenters. The van der Waals surface area contributed by atoms with Gasteiger partial charge in [0.2, 0.25) is 0 Å². The Kier molecular flexibility index (Phi) is 8.67. The van der Waals surface area contributed by atoms with E-state index in [0.29, 0.717) is 6.47 Å². The third-order valence-electron chi connectivity index (χ3n) is 3.45. The smallest absolute Gasteiger partial charge is 0.293 e. The first kappa shape index (κ1) is 15.7. The van der Waals surface area contributed by atoms with Crippen LogP contribution in [0.25, 0.3) is 0 Å². The molecule has 96 valence electrons. The lowest BCUT2D eigenvalue weighted by Gasteiger charge is -2.31. The van der Waals surface area contributed by atoms with Gasteiger partial charge in [0.15, 0.2) is 0 Å². The van der Waals surface area contributed by atoms with Crippen LogP contribution in [0.2, 0.25) is 0 Å². The van der Waals surface area contributed by atoms with Gasteiger partial charge >= 0.3 is 0 Å². The van der Waals surface area contributed by atoms with Crippen molar-refractivity contribution in [1.82, 2.24) is 4.90 Å². The average molecular weight is 250 g/mol. The molecule has 1 saturated carbocycles. The Hall–Kier alpha value is -0.280. The van der Waals surface area contributed by atoms with Crippen molar-refractivity contribution in [3.8, 4) is 0 Å². The van der Waals surface area contributed by atoms with Gasteiger partial charge in [-0.2, -0.15) is 0 Å². The molecule has 0 bridgehead atoms. The number of nitrogens with zero attached hydrogens (tertiary/aromatic N) is 1. The Bertz CT molecular complexity index is 178. The summed E-state index contributed by atoms with van der Waals surface area (Å²) in [6.07, 6.45) is 4.69. The summed E-state index contributed by atoms with van der Waals surface area (Å²) in [5.41, 5.74) is 0. The maximum Gasteiger partial charge on any atom is 0.293 e. The first-order valence-corrected chi connectivity index (χ1v) is 6.11. The number of carbonyl (C=O) groups excluding carboxylic acids is 1. The van der Waals surface area contributed by atoms with Crippen LogP contribution in [0, 0.1) is 5.92 Å². The second kappa shape index (κ2) is 8.82. The fourth-order valence-electron chi connectivity index (χ4n) is 2.38. The van der Waals surface area contributed by atoms with E-state index in [2.05, 4.69) is 18.7 Å². The Morgan fingerprint density at radius 2 is 1.75 bits per heavy atom. The van der Waals surface area contributed by atoms with E-state index in [1.54, 1.807) is 0 Å². The van der Waals surface area contributed by atoms with E-state index in [1.165, 1.54) is 19.4 Å². The van der Waals surface area contributed by atoms with E-state index in [-0.39, 0.29) is 18.5 Å². The zero-order valence-electron chi connectivity index (χ0n) is 10.4. The number of hydrogen-bond donors (Lipinski definition) is 0. The predicted octanol–water partition coefficient (Wildman–Crippen LogP) is 2.48. The van der Waals surface area contributed by atoms with Crippen LogP contribution >= 0.6 is 12.4 Å². The molecule has 0 heterocycles. The van der Waals surface area contributed by atoms with Crippen molar-refractivity contribution < 1.29 is 9.53 Å². The van der Waals surface area contributed by atoms with Crippen LogP contribution in [-0.2, 0) is 9.53 Å². The average Bonchev–Trinajstić information content (AvgIpc) is 2.28. The first-order chi connectivity index (χ1) is 7.30. The molecule has 4 heteroatoms. The first-order valence-electron chi connectivity index (χ1n) is 6.11. The Balaban J connectivity index is 0.00000225. The highest BCUT2D eigenvalue weighted by molar-refractivity contribution is 5.85. The third-order valence-corrected chi connectivity index (χ3v) is 3.45. The number of ether oxygens (including phenoxy) is 1. The second-order valence-corrected chi connectivity index (χ2v) is 4.36. The highest BCUT2D eigenvalue weighted by atomic mass is 35.5. The molecule has 1 aliphatic carbocycles. The molecule has 0 aliphatic heterocycles. The Morgan fingerprint density at radius 3 is 2.19 bits per heavy atom. The second-order valence-electron chi connectivity index (χ2n) is 4.36. The lowest BCUT2D eigenvalue weighted by molar-refractivity contribution is -0.135. The van der Waals surface area contributed by atoms with Crippen LogP contribution in [0.1, 0.15) is 39.5 Å². The molecule has 1 aliphatic rings. The van der Waals surface area contributed by atoms with Crippen molar-refractivity contribution in [1.29, 1.82) is 0 Å². The molecule has 1 rings (SSSR count). The molecule has 0 amide bonds. The molecule has 0 aromatic carbocycles. The van der Waals surface area contributed by atoms with Crippen molar-refractivity contribution in [2.75, 3.05) is 19.6 Å². The van der Waals surface area contributed by atoms with Crippen LogP contribution in [0.15, 0.2) is 0 Å². The molecule has 0 unspecified atom stereocenters. The summed E-state index contributed by atoms with van der Waals surface area (Å²) in [4.78, 5) is 12.7. The highest BCUT2D eigenvalue weighted by Crippen LogP contribution is 2.26. The van der Waals surface area contributed by atoms with Crippen LogP contribution in [0.5, 0.6) is 0 Å². The van der Waals surface area contributed by atoms with Crippen LogP contribution in [0.4, 0.5) is 0 Å². The summed E-state index contributed by atoms with van der Waals surface area (Å²) in [6, 6.07) is 0. The van der Waals surface area contributed by atoms with Crippen molar-refractivity contribution in [3.63, 3.8) is 0 Å². The summed E-state index contributed by atoms with van der Waals surface area (Å²) < 4.78 is 4.99.